The smallest absolute Gasteiger partial charge is 0.267 e. The molecule has 8 heteroatoms. The number of rotatable bonds is 4. The van der Waals surface area contributed by atoms with Crippen LogP contribution in [0.15, 0.2) is 64.5 Å². The van der Waals surface area contributed by atoms with Crippen molar-refractivity contribution >= 4 is 34.3 Å². The number of piperidine rings is 1. The monoisotopic (exact) mass is 447 g/mol. The Morgan fingerprint density at radius 2 is 1.69 bits per heavy atom. The van der Waals surface area contributed by atoms with Gasteiger partial charge in [-0.15, -0.1) is 10.2 Å². The van der Waals surface area contributed by atoms with Gasteiger partial charge in [0.2, 0.25) is 11.7 Å². The van der Waals surface area contributed by atoms with Crippen LogP contribution in [0.4, 0.5) is 0 Å². The van der Waals surface area contributed by atoms with Gasteiger partial charge in [0.25, 0.3) is 5.56 Å². The number of benzene rings is 2. The van der Waals surface area contributed by atoms with E-state index < -0.39 is 0 Å². The molecule has 0 bridgehead atoms. The average molecular weight is 448 g/mol. The molecule has 32 heavy (non-hydrogen) atoms. The average Bonchev–Trinajstić information content (AvgIpc) is 3.22. The van der Waals surface area contributed by atoms with Gasteiger partial charge in [0.1, 0.15) is 0 Å². The fourth-order valence-corrected chi connectivity index (χ4v) is 5.50. The molecule has 0 spiro atoms. The van der Waals surface area contributed by atoms with E-state index in [0.717, 1.165) is 30.5 Å². The molecule has 0 N–H and O–H groups in total. The number of fused-ring (bicyclic) bond motifs is 3. The van der Waals surface area contributed by atoms with Crippen molar-refractivity contribution in [3.05, 3.63) is 65.0 Å². The van der Waals surface area contributed by atoms with E-state index in [2.05, 4.69) is 24.0 Å². The lowest BCUT2D eigenvalue weighted by Gasteiger charge is -2.39. The van der Waals surface area contributed by atoms with Gasteiger partial charge in [0.15, 0.2) is 5.16 Å². The summed E-state index contributed by atoms with van der Waals surface area (Å²) < 4.78 is 3.46. The van der Waals surface area contributed by atoms with Crippen molar-refractivity contribution < 1.29 is 4.79 Å². The Morgan fingerprint density at radius 3 is 2.44 bits per heavy atom. The Hall–Kier alpha value is -3.13. The summed E-state index contributed by atoms with van der Waals surface area (Å²) >= 11 is 1.37. The third-order valence-electron chi connectivity index (χ3n) is 6.22. The summed E-state index contributed by atoms with van der Waals surface area (Å²) in [4.78, 5) is 28.4. The van der Waals surface area contributed by atoms with Crippen LogP contribution in [0.25, 0.3) is 22.4 Å². The predicted octanol–water partition coefficient (Wildman–Crippen LogP) is 3.92. The van der Waals surface area contributed by atoms with Gasteiger partial charge in [-0.05, 0) is 57.4 Å². The van der Waals surface area contributed by atoms with Crippen LogP contribution in [-0.2, 0) is 4.79 Å². The molecule has 5 rings (SSSR count). The summed E-state index contributed by atoms with van der Waals surface area (Å²) in [5.74, 6) is 0.843. The van der Waals surface area contributed by atoms with E-state index in [0.29, 0.717) is 16.3 Å². The highest BCUT2D eigenvalue weighted by Crippen LogP contribution is 2.26. The van der Waals surface area contributed by atoms with E-state index in [9.17, 15) is 9.59 Å². The molecule has 0 saturated carbocycles. The number of para-hydroxylation sites is 2. The highest BCUT2D eigenvalue weighted by Gasteiger charge is 2.29. The third-order valence-corrected chi connectivity index (χ3v) is 7.13. The minimum absolute atomic E-state index is 0.118. The van der Waals surface area contributed by atoms with Crippen LogP contribution in [0, 0.1) is 0 Å². The van der Waals surface area contributed by atoms with Crippen LogP contribution in [0.2, 0.25) is 0 Å². The lowest BCUT2D eigenvalue weighted by Crippen LogP contribution is -2.48. The molecule has 1 saturated heterocycles. The van der Waals surface area contributed by atoms with E-state index in [4.69, 9.17) is 0 Å². The molecule has 2 atom stereocenters. The minimum Gasteiger partial charge on any atom is -0.337 e. The summed E-state index contributed by atoms with van der Waals surface area (Å²) in [5.41, 5.74) is 1.32. The molecule has 3 heterocycles. The summed E-state index contributed by atoms with van der Waals surface area (Å²) in [5, 5.41) is 9.91. The highest BCUT2D eigenvalue weighted by atomic mass is 32.2. The van der Waals surface area contributed by atoms with Crippen LogP contribution in [0.3, 0.4) is 0 Å². The van der Waals surface area contributed by atoms with E-state index in [1.54, 1.807) is 4.57 Å². The van der Waals surface area contributed by atoms with Crippen molar-refractivity contribution in [2.24, 2.45) is 0 Å². The molecular weight excluding hydrogens is 422 g/mol. The molecule has 1 aliphatic rings. The van der Waals surface area contributed by atoms with Gasteiger partial charge in [-0.3, -0.25) is 14.0 Å². The molecule has 2 unspecified atom stereocenters. The number of hydrogen-bond acceptors (Lipinski definition) is 5. The molecule has 0 aliphatic carbocycles. The minimum atomic E-state index is -0.143. The Labute approximate surface area is 190 Å². The number of amides is 1. The van der Waals surface area contributed by atoms with Gasteiger partial charge >= 0.3 is 0 Å². The maximum Gasteiger partial charge on any atom is 0.267 e. The van der Waals surface area contributed by atoms with E-state index in [1.807, 2.05) is 63.9 Å². The van der Waals surface area contributed by atoms with Gasteiger partial charge < -0.3 is 4.90 Å². The fourth-order valence-electron chi connectivity index (χ4n) is 4.70. The summed E-state index contributed by atoms with van der Waals surface area (Å²) in [7, 11) is 0. The van der Waals surface area contributed by atoms with Crippen LogP contribution in [-0.4, -0.2) is 47.8 Å². The maximum absolute atomic E-state index is 13.3. The van der Waals surface area contributed by atoms with Crippen molar-refractivity contribution in [1.82, 2.24) is 24.1 Å². The molecule has 164 valence electrons. The largest absolute Gasteiger partial charge is 0.337 e. The van der Waals surface area contributed by atoms with Gasteiger partial charge in [-0.2, -0.15) is 0 Å². The van der Waals surface area contributed by atoms with Gasteiger partial charge in [-0.25, -0.2) is 4.57 Å². The summed E-state index contributed by atoms with van der Waals surface area (Å²) in [6, 6.07) is 17.4. The van der Waals surface area contributed by atoms with Crippen LogP contribution >= 0.6 is 11.8 Å². The summed E-state index contributed by atoms with van der Waals surface area (Å²) in [6.45, 7) is 4.24. The number of nitrogens with zero attached hydrogens (tertiary/aromatic N) is 5. The number of carbonyl (C=O) groups is 1. The van der Waals surface area contributed by atoms with E-state index in [1.165, 1.54) is 11.8 Å². The Bertz CT molecular complexity index is 1340. The van der Waals surface area contributed by atoms with Crippen molar-refractivity contribution in [3.63, 3.8) is 0 Å². The topological polar surface area (TPSA) is 72.5 Å². The molecular formula is C24H25N5O2S. The standard InChI is InChI=1S/C24H25N5O2S/c1-16-9-8-10-17(2)27(16)21(30)15-32-24-26-25-23-28(18-11-4-3-5-12-18)22(31)19-13-6-7-14-20(19)29(23)24/h3-7,11-14,16-17H,8-10,15H2,1-2H3. The SMILES string of the molecule is CC1CCCC(C)N1C(=O)CSc1nnc2n(-c3ccccc3)c(=O)c3ccccc3n12. The molecule has 4 aromatic rings. The zero-order valence-corrected chi connectivity index (χ0v) is 19.0. The van der Waals surface area contributed by atoms with Gasteiger partial charge in [0, 0.05) is 12.1 Å². The molecule has 0 radical (unpaired) electrons. The van der Waals surface area contributed by atoms with E-state index >= 15 is 0 Å². The van der Waals surface area contributed by atoms with Crippen molar-refractivity contribution in [2.75, 3.05) is 5.75 Å². The van der Waals surface area contributed by atoms with Gasteiger partial charge in [0.05, 0.1) is 22.3 Å². The van der Waals surface area contributed by atoms with Crippen molar-refractivity contribution in [3.8, 4) is 5.69 Å². The molecule has 1 amide bonds. The first-order chi connectivity index (χ1) is 15.6. The number of likely N-dealkylation sites (tertiary alicyclic amines) is 1. The van der Waals surface area contributed by atoms with E-state index in [-0.39, 0.29) is 29.3 Å². The predicted molar refractivity (Wildman–Crippen MR) is 126 cm³/mol. The zero-order valence-electron chi connectivity index (χ0n) is 18.1. The second-order valence-corrected chi connectivity index (χ2v) is 9.27. The highest BCUT2D eigenvalue weighted by molar-refractivity contribution is 7.99. The van der Waals surface area contributed by atoms with Crippen molar-refractivity contribution in [2.45, 2.75) is 50.4 Å². The normalized spacial score (nSPS) is 19.0. The second-order valence-electron chi connectivity index (χ2n) is 8.33. The zero-order chi connectivity index (χ0) is 22.2. The second kappa shape index (κ2) is 8.43. The first-order valence-corrected chi connectivity index (χ1v) is 11.9. The Balaban J connectivity index is 1.58. The first-order valence-electron chi connectivity index (χ1n) is 10.9. The number of thioether (sulfide) groups is 1. The fraction of sp³-hybridized carbons (Fsp3) is 0.333. The summed E-state index contributed by atoms with van der Waals surface area (Å²) in [6.07, 6.45) is 3.25. The molecule has 2 aromatic heterocycles. The van der Waals surface area contributed by atoms with Crippen molar-refractivity contribution in [1.29, 1.82) is 0 Å². The number of carbonyl (C=O) groups excluding carboxylic acids is 1. The number of aromatic nitrogens is 4. The first kappa shape index (κ1) is 20.8. The molecule has 1 fully saturated rings. The molecule has 7 nitrogen and oxygen atoms in total. The third kappa shape index (κ3) is 3.48. The lowest BCUT2D eigenvalue weighted by atomic mass is 9.98. The Morgan fingerprint density at radius 1 is 1.00 bits per heavy atom. The number of hydrogen-bond donors (Lipinski definition) is 0. The molecule has 2 aromatic carbocycles. The van der Waals surface area contributed by atoms with Crippen LogP contribution < -0.4 is 5.56 Å². The van der Waals surface area contributed by atoms with Gasteiger partial charge in [-0.1, -0.05) is 42.1 Å². The molecule has 1 aliphatic heterocycles. The van der Waals surface area contributed by atoms with Crippen LogP contribution in [0.5, 0.6) is 0 Å². The maximum atomic E-state index is 13.3. The lowest BCUT2D eigenvalue weighted by molar-refractivity contribution is -0.134. The van der Waals surface area contributed by atoms with Crippen LogP contribution in [0.1, 0.15) is 33.1 Å². The Kier molecular flexibility index (Phi) is 5.46. The quantitative estimate of drug-likeness (QED) is 0.444.